The maximum absolute atomic E-state index is 12.9. The molecule has 0 aliphatic carbocycles. The largest absolute Gasteiger partial charge is 0.324 e. The lowest BCUT2D eigenvalue weighted by atomic mass is 10.1. The molecule has 0 heterocycles. The van der Waals surface area contributed by atoms with E-state index in [0.717, 1.165) is 16.6 Å². The summed E-state index contributed by atoms with van der Waals surface area (Å²) in [7, 11) is -4.00. The Morgan fingerprint density at radius 3 is 2.30 bits per heavy atom. The number of nitrogens with zero attached hydrogens (tertiary/aromatic N) is 3. The Labute approximate surface area is 172 Å². The van der Waals surface area contributed by atoms with Crippen molar-refractivity contribution in [1.82, 2.24) is 0 Å². The van der Waals surface area contributed by atoms with Crippen LogP contribution >= 0.6 is 0 Å². The average Bonchev–Trinajstić information content (AvgIpc) is 2.66. The molecule has 0 bridgehead atoms. The van der Waals surface area contributed by atoms with Gasteiger partial charge in [0.2, 0.25) is 15.9 Å². The zero-order chi connectivity index (χ0) is 22.6. The molecule has 1 amide bonds. The molecule has 2 aromatic carbocycles. The number of carbonyl (C=O) groups excluding carboxylic acids is 1. The molecule has 11 nitrogen and oxygen atoms in total. The van der Waals surface area contributed by atoms with Gasteiger partial charge in [0.1, 0.15) is 6.04 Å². The van der Waals surface area contributed by atoms with Crippen LogP contribution in [-0.2, 0) is 14.8 Å². The molecule has 1 N–H and O–H groups in total. The van der Waals surface area contributed by atoms with E-state index >= 15 is 0 Å². The third-order valence-corrected chi connectivity index (χ3v) is 5.56. The van der Waals surface area contributed by atoms with E-state index in [0.29, 0.717) is 0 Å². The second-order valence-electron chi connectivity index (χ2n) is 6.46. The zero-order valence-corrected chi connectivity index (χ0v) is 17.3. The number of non-ortho nitro benzene ring substituents is 1. The minimum absolute atomic E-state index is 0.0375. The summed E-state index contributed by atoms with van der Waals surface area (Å²) in [5.41, 5.74) is -0.179. The van der Waals surface area contributed by atoms with E-state index in [-0.39, 0.29) is 34.7 Å². The molecule has 12 heteroatoms. The molecule has 0 saturated heterocycles. The fraction of sp³-hybridized carbons (Fsp3) is 0.278. The number of carbonyl (C=O) groups is 1. The minimum Gasteiger partial charge on any atom is -0.324 e. The molecule has 1 atom stereocenters. The third-order valence-electron chi connectivity index (χ3n) is 4.38. The van der Waals surface area contributed by atoms with Crippen molar-refractivity contribution in [2.75, 3.05) is 15.9 Å². The van der Waals surface area contributed by atoms with Gasteiger partial charge in [-0.15, -0.1) is 0 Å². The predicted molar refractivity (Wildman–Crippen MR) is 111 cm³/mol. The van der Waals surface area contributed by atoms with Gasteiger partial charge in [-0.2, -0.15) is 0 Å². The maximum Gasteiger partial charge on any atom is 0.274 e. The smallest absolute Gasteiger partial charge is 0.274 e. The summed E-state index contributed by atoms with van der Waals surface area (Å²) in [6.07, 6.45) is 0.940. The van der Waals surface area contributed by atoms with Crippen LogP contribution < -0.4 is 9.62 Å². The van der Waals surface area contributed by atoms with Crippen LogP contribution in [0.15, 0.2) is 42.5 Å². The summed E-state index contributed by atoms with van der Waals surface area (Å²) in [5, 5.41) is 24.7. The highest BCUT2D eigenvalue weighted by molar-refractivity contribution is 7.92. The predicted octanol–water partition coefficient (Wildman–Crippen LogP) is 2.99. The van der Waals surface area contributed by atoms with Gasteiger partial charge in [-0.05, 0) is 25.5 Å². The van der Waals surface area contributed by atoms with Gasteiger partial charge in [-0.25, -0.2) is 8.42 Å². The van der Waals surface area contributed by atoms with E-state index in [1.54, 1.807) is 6.92 Å². The van der Waals surface area contributed by atoms with E-state index in [4.69, 9.17) is 0 Å². The fourth-order valence-corrected chi connectivity index (χ4v) is 4.18. The van der Waals surface area contributed by atoms with Crippen molar-refractivity contribution in [1.29, 1.82) is 0 Å². The van der Waals surface area contributed by atoms with Gasteiger partial charge in [-0.3, -0.25) is 29.3 Å². The molecule has 2 rings (SSSR count). The molecule has 0 aliphatic rings. The van der Waals surface area contributed by atoms with Crippen LogP contribution in [0.1, 0.15) is 18.9 Å². The lowest BCUT2D eigenvalue weighted by molar-refractivity contribution is -0.385. The van der Waals surface area contributed by atoms with Crippen molar-refractivity contribution in [2.24, 2.45) is 0 Å². The summed E-state index contributed by atoms with van der Waals surface area (Å²) in [6, 6.07) is 7.85. The van der Waals surface area contributed by atoms with Crippen molar-refractivity contribution < 1.29 is 23.1 Å². The molecule has 30 heavy (non-hydrogen) atoms. The first kappa shape index (κ1) is 22.7. The highest BCUT2D eigenvalue weighted by Gasteiger charge is 2.32. The van der Waals surface area contributed by atoms with Crippen molar-refractivity contribution in [3.8, 4) is 0 Å². The molecule has 0 radical (unpaired) electrons. The molecule has 2 aromatic rings. The lowest BCUT2D eigenvalue weighted by Gasteiger charge is -2.30. The van der Waals surface area contributed by atoms with Gasteiger partial charge >= 0.3 is 0 Å². The Morgan fingerprint density at radius 1 is 1.13 bits per heavy atom. The molecule has 0 unspecified atom stereocenters. The van der Waals surface area contributed by atoms with Crippen molar-refractivity contribution >= 4 is 38.7 Å². The summed E-state index contributed by atoms with van der Waals surface area (Å²) in [6.45, 7) is 3.05. The number of hydrogen-bond acceptors (Lipinski definition) is 7. The van der Waals surface area contributed by atoms with Crippen LogP contribution in [0.25, 0.3) is 0 Å². The number of hydrogen-bond donors (Lipinski definition) is 1. The Balaban J connectivity index is 2.47. The third kappa shape index (κ3) is 4.89. The molecular weight excluding hydrogens is 416 g/mol. The first-order chi connectivity index (χ1) is 14.0. The number of nitrogens with one attached hydrogen (secondary N) is 1. The van der Waals surface area contributed by atoms with Crippen molar-refractivity contribution in [3.63, 3.8) is 0 Å². The summed E-state index contributed by atoms with van der Waals surface area (Å²) < 4.78 is 25.7. The Morgan fingerprint density at radius 2 is 1.77 bits per heavy atom. The molecule has 0 aromatic heterocycles. The summed E-state index contributed by atoms with van der Waals surface area (Å²) >= 11 is 0. The van der Waals surface area contributed by atoms with E-state index in [1.165, 1.54) is 43.3 Å². The molecule has 0 spiro atoms. The number of sulfonamides is 1. The van der Waals surface area contributed by atoms with E-state index in [2.05, 4.69) is 5.32 Å². The van der Waals surface area contributed by atoms with Crippen LogP contribution in [0, 0.1) is 27.2 Å². The number of rotatable bonds is 8. The second-order valence-corrected chi connectivity index (χ2v) is 8.32. The van der Waals surface area contributed by atoms with Gasteiger partial charge < -0.3 is 5.32 Å². The Kier molecular flexibility index (Phi) is 6.72. The van der Waals surface area contributed by atoms with Crippen LogP contribution in [0.5, 0.6) is 0 Å². The SMILES string of the molecule is CC[C@H](C(=O)Nc1cccc([N+](=O)[O-])c1C)N(c1cccc([N+](=O)[O-])c1)S(C)(=O)=O. The standard InChI is InChI=1S/C18H20N4O7S/c1-4-16(18(23)19-15-9-6-10-17(12(15)2)22(26)27)20(30(3,28)29)13-7-5-8-14(11-13)21(24)25/h5-11,16H,4H2,1-3H3,(H,19,23)/t16-/m1/s1. The minimum atomic E-state index is -4.00. The van der Waals surface area contributed by atoms with Crippen LogP contribution in [-0.4, -0.2) is 36.5 Å². The van der Waals surface area contributed by atoms with Gasteiger partial charge in [0.25, 0.3) is 11.4 Å². The summed E-state index contributed by atoms with van der Waals surface area (Å²) in [4.78, 5) is 33.9. The molecule has 0 aliphatic heterocycles. The first-order valence-corrected chi connectivity index (χ1v) is 10.6. The van der Waals surface area contributed by atoms with Gasteiger partial charge in [-0.1, -0.05) is 19.1 Å². The number of nitro groups is 2. The quantitative estimate of drug-likeness (QED) is 0.493. The van der Waals surface area contributed by atoms with Crippen molar-refractivity contribution in [2.45, 2.75) is 26.3 Å². The molecule has 0 fully saturated rings. The monoisotopic (exact) mass is 436 g/mol. The number of benzene rings is 2. The number of amides is 1. The van der Waals surface area contributed by atoms with Crippen LogP contribution in [0.4, 0.5) is 22.7 Å². The second kappa shape index (κ2) is 8.86. The normalized spacial score (nSPS) is 12.1. The fourth-order valence-electron chi connectivity index (χ4n) is 2.98. The molecule has 160 valence electrons. The zero-order valence-electron chi connectivity index (χ0n) is 16.4. The topological polar surface area (TPSA) is 153 Å². The molecule has 0 saturated carbocycles. The van der Waals surface area contributed by atoms with Crippen LogP contribution in [0.3, 0.4) is 0 Å². The van der Waals surface area contributed by atoms with Crippen molar-refractivity contribution in [3.05, 3.63) is 68.3 Å². The average molecular weight is 436 g/mol. The lowest BCUT2D eigenvalue weighted by Crippen LogP contribution is -2.47. The first-order valence-electron chi connectivity index (χ1n) is 8.76. The van der Waals surface area contributed by atoms with Gasteiger partial charge in [0, 0.05) is 18.2 Å². The van der Waals surface area contributed by atoms with E-state index < -0.39 is 31.8 Å². The number of anilines is 2. The Hall–Kier alpha value is -3.54. The van der Waals surface area contributed by atoms with E-state index in [1.807, 2.05) is 0 Å². The van der Waals surface area contributed by atoms with Gasteiger partial charge in [0.05, 0.1) is 33.0 Å². The number of nitro benzene ring substituents is 2. The highest BCUT2D eigenvalue weighted by Crippen LogP contribution is 2.29. The van der Waals surface area contributed by atoms with Gasteiger partial charge in [0.15, 0.2) is 0 Å². The highest BCUT2D eigenvalue weighted by atomic mass is 32.2. The molecular formula is C18H20N4O7S. The maximum atomic E-state index is 12.9. The Bertz CT molecular complexity index is 1100. The van der Waals surface area contributed by atoms with E-state index in [9.17, 15) is 33.4 Å². The summed E-state index contributed by atoms with van der Waals surface area (Å²) in [5.74, 6) is -0.724. The van der Waals surface area contributed by atoms with Crippen LogP contribution in [0.2, 0.25) is 0 Å².